The van der Waals surface area contributed by atoms with Gasteiger partial charge in [0.25, 0.3) is 5.91 Å². The Bertz CT molecular complexity index is 533. The molecule has 0 spiro atoms. The highest BCUT2D eigenvalue weighted by Crippen LogP contribution is 2.22. The number of nitrogens with zero attached hydrogens (tertiary/aromatic N) is 3. The first-order valence-electron chi connectivity index (χ1n) is 6.00. The Morgan fingerprint density at radius 1 is 1.53 bits per heavy atom. The second kappa shape index (κ2) is 5.48. The van der Waals surface area contributed by atoms with Gasteiger partial charge in [0.2, 0.25) is 0 Å². The number of likely N-dealkylation sites (tertiary alicyclic amines) is 1. The van der Waals surface area contributed by atoms with Crippen LogP contribution in [0.3, 0.4) is 0 Å². The lowest BCUT2D eigenvalue weighted by Crippen LogP contribution is -2.37. The maximum absolute atomic E-state index is 12.2. The van der Waals surface area contributed by atoms with E-state index in [9.17, 15) is 9.59 Å². The van der Waals surface area contributed by atoms with Gasteiger partial charge in [-0.1, -0.05) is 0 Å². The van der Waals surface area contributed by atoms with Gasteiger partial charge in [-0.05, 0) is 25.0 Å². The van der Waals surface area contributed by atoms with Crippen molar-refractivity contribution in [2.45, 2.75) is 25.3 Å². The summed E-state index contributed by atoms with van der Waals surface area (Å²) >= 11 is 0. The highest BCUT2D eigenvalue weighted by molar-refractivity contribution is 5.93. The molecule has 1 saturated heterocycles. The largest absolute Gasteiger partial charge is 0.481 e. The number of carbonyl (C=O) groups is 2. The molecule has 1 amide bonds. The summed E-state index contributed by atoms with van der Waals surface area (Å²) in [7, 11) is 0. The van der Waals surface area contributed by atoms with Crippen molar-refractivity contribution < 1.29 is 14.7 Å². The molecule has 1 aliphatic rings. The molecule has 1 aromatic rings. The number of carbonyl (C=O) groups excluding carboxylic acids is 1. The van der Waals surface area contributed by atoms with Gasteiger partial charge in [-0.25, -0.2) is 4.98 Å². The Balaban J connectivity index is 2.13. The average molecular weight is 259 g/mol. The summed E-state index contributed by atoms with van der Waals surface area (Å²) < 4.78 is 0. The quantitative estimate of drug-likeness (QED) is 0.874. The number of carboxylic acid groups (broad SMARTS) is 1. The van der Waals surface area contributed by atoms with Crippen molar-refractivity contribution in [1.29, 1.82) is 5.26 Å². The van der Waals surface area contributed by atoms with Crippen molar-refractivity contribution in [3.8, 4) is 6.07 Å². The van der Waals surface area contributed by atoms with Gasteiger partial charge in [0.05, 0.1) is 12.0 Å². The van der Waals surface area contributed by atoms with Crippen LogP contribution in [0.4, 0.5) is 0 Å². The SMILES string of the molecule is N#Cc1ccc(C(=O)N2CCCC2CC(=O)O)nc1. The third-order valence-electron chi connectivity index (χ3n) is 3.16. The number of amides is 1. The lowest BCUT2D eigenvalue weighted by atomic mass is 10.1. The molecule has 0 radical (unpaired) electrons. The van der Waals surface area contributed by atoms with Crippen molar-refractivity contribution in [3.63, 3.8) is 0 Å². The van der Waals surface area contributed by atoms with E-state index in [0.29, 0.717) is 18.5 Å². The zero-order chi connectivity index (χ0) is 13.8. The summed E-state index contributed by atoms with van der Waals surface area (Å²) in [5, 5.41) is 17.5. The molecule has 6 nitrogen and oxygen atoms in total. The second-order valence-electron chi connectivity index (χ2n) is 4.44. The Hall–Kier alpha value is -2.42. The third kappa shape index (κ3) is 2.88. The van der Waals surface area contributed by atoms with Crippen LogP contribution < -0.4 is 0 Å². The van der Waals surface area contributed by atoms with E-state index in [1.165, 1.54) is 18.3 Å². The number of aromatic nitrogens is 1. The molecule has 1 unspecified atom stereocenters. The van der Waals surface area contributed by atoms with Crippen molar-refractivity contribution in [2.24, 2.45) is 0 Å². The van der Waals surface area contributed by atoms with E-state index in [2.05, 4.69) is 4.98 Å². The summed E-state index contributed by atoms with van der Waals surface area (Å²) in [6, 6.07) is 4.70. The fourth-order valence-electron chi connectivity index (χ4n) is 2.25. The lowest BCUT2D eigenvalue weighted by molar-refractivity contribution is -0.137. The van der Waals surface area contributed by atoms with Crippen LogP contribution in [0.1, 0.15) is 35.3 Å². The summed E-state index contributed by atoms with van der Waals surface area (Å²) in [6.07, 6.45) is 2.81. The first-order valence-corrected chi connectivity index (χ1v) is 6.00. The van der Waals surface area contributed by atoms with Crippen LogP contribution in [0.25, 0.3) is 0 Å². The number of carboxylic acids is 1. The Morgan fingerprint density at radius 2 is 2.32 bits per heavy atom. The van der Waals surface area contributed by atoms with Gasteiger partial charge in [-0.2, -0.15) is 5.26 Å². The van der Waals surface area contributed by atoms with Crippen molar-refractivity contribution >= 4 is 11.9 Å². The second-order valence-corrected chi connectivity index (χ2v) is 4.44. The molecular formula is C13H13N3O3. The molecule has 98 valence electrons. The number of aliphatic carboxylic acids is 1. The van der Waals surface area contributed by atoms with Crippen LogP contribution in [0, 0.1) is 11.3 Å². The van der Waals surface area contributed by atoms with Gasteiger partial charge in [0.1, 0.15) is 11.8 Å². The van der Waals surface area contributed by atoms with E-state index in [0.717, 1.165) is 6.42 Å². The van der Waals surface area contributed by atoms with Gasteiger partial charge in [-0.15, -0.1) is 0 Å². The van der Waals surface area contributed by atoms with Gasteiger partial charge < -0.3 is 10.0 Å². The molecule has 19 heavy (non-hydrogen) atoms. The van der Waals surface area contributed by atoms with Crippen molar-refractivity contribution in [3.05, 3.63) is 29.6 Å². The minimum Gasteiger partial charge on any atom is -0.481 e. The minimum atomic E-state index is -0.905. The molecule has 1 aliphatic heterocycles. The summed E-state index contributed by atoms with van der Waals surface area (Å²) in [5.74, 6) is -1.18. The number of hydrogen-bond donors (Lipinski definition) is 1. The van der Waals surface area contributed by atoms with Crippen LogP contribution in [-0.2, 0) is 4.79 Å². The number of pyridine rings is 1. The fraction of sp³-hybridized carbons (Fsp3) is 0.385. The standard InChI is InChI=1S/C13H13N3O3/c14-7-9-3-4-11(15-8-9)13(19)16-5-1-2-10(16)6-12(17)18/h3-4,8,10H,1-2,5-6H2,(H,17,18). The molecule has 2 heterocycles. The van der Waals surface area contributed by atoms with E-state index in [-0.39, 0.29) is 24.1 Å². The third-order valence-corrected chi connectivity index (χ3v) is 3.16. The topological polar surface area (TPSA) is 94.3 Å². The number of hydrogen-bond acceptors (Lipinski definition) is 4. The molecule has 0 aromatic carbocycles. The van der Waals surface area contributed by atoms with Gasteiger partial charge >= 0.3 is 5.97 Å². The normalized spacial score (nSPS) is 18.1. The molecule has 0 saturated carbocycles. The number of rotatable bonds is 3. The first-order chi connectivity index (χ1) is 9.11. The molecule has 6 heteroatoms. The maximum Gasteiger partial charge on any atom is 0.305 e. The summed E-state index contributed by atoms with van der Waals surface area (Å²) in [4.78, 5) is 28.5. The van der Waals surface area contributed by atoms with Crippen LogP contribution in [0.15, 0.2) is 18.3 Å². The van der Waals surface area contributed by atoms with Crippen LogP contribution in [-0.4, -0.2) is 39.5 Å². The highest BCUT2D eigenvalue weighted by Gasteiger charge is 2.31. The van der Waals surface area contributed by atoms with Gasteiger partial charge in [0.15, 0.2) is 0 Å². The fourth-order valence-corrected chi connectivity index (χ4v) is 2.25. The predicted molar refractivity (Wildman–Crippen MR) is 65.3 cm³/mol. The molecular weight excluding hydrogens is 246 g/mol. The highest BCUT2D eigenvalue weighted by atomic mass is 16.4. The summed E-state index contributed by atoms with van der Waals surface area (Å²) in [6.45, 7) is 0.554. The zero-order valence-electron chi connectivity index (χ0n) is 10.2. The zero-order valence-corrected chi connectivity index (χ0v) is 10.2. The van der Waals surface area contributed by atoms with E-state index >= 15 is 0 Å². The number of nitriles is 1. The van der Waals surface area contributed by atoms with E-state index in [1.807, 2.05) is 6.07 Å². The van der Waals surface area contributed by atoms with E-state index in [4.69, 9.17) is 10.4 Å². The van der Waals surface area contributed by atoms with Crippen molar-refractivity contribution in [2.75, 3.05) is 6.54 Å². The lowest BCUT2D eigenvalue weighted by Gasteiger charge is -2.22. The smallest absolute Gasteiger partial charge is 0.305 e. The Morgan fingerprint density at radius 3 is 2.89 bits per heavy atom. The summed E-state index contributed by atoms with van der Waals surface area (Å²) in [5.41, 5.74) is 0.636. The average Bonchev–Trinajstić information content (AvgIpc) is 2.85. The van der Waals surface area contributed by atoms with Gasteiger partial charge in [-0.3, -0.25) is 9.59 Å². The van der Waals surface area contributed by atoms with Crippen LogP contribution in [0.2, 0.25) is 0 Å². The van der Waals surface area contributed by atoms with E-state index < -0.39 is 5.97 Å². The molecule has 0 aliphatic carbocycles. The van der Waals surface area contributed by atoms with E-state index in [1.54, 1.807) is 4.90 Å². The van der Waals surface area contributed by atoms with Gasteiger partial charge in [0, 0.05) is 18.8 Å². The van der Waals surface area contributed by atoms with Crippen molar-refractivity contribution in [1.82, 2.24) is 9.88 Å². The predicted octanol–water partition coefficient (Wildman–Crippen LogP) is 1.03. The molecule has 0 bridgehead atoms. The Labute approximate surface area is 110 Å². The van der Waals surface area contributed by atoms with Crippen LogP contribution >= 0.6 is 0 Å². The molecule has 2 rings (SSSR count). The molecule has 1 fully saturated rings. The molecule has 1 atom stereocenters. The Kier molecular flexibility index (Phi) is 3.76. The minimum absolute atomic E-state index is 0.0397. The monoisotopic (exact) mass is 259 g/mol. The maximum atomic E-state index is 12.2. The molecule has 1 aromatic heterocycles. The molecule has 1 N–H and O–H groups in total. The van der Waals surface area contributed by atoms with Crippen LogP contribution in [0.5, 0.6) is 0 Å². The first kappa shape index (κ1) is 13.0.